The average Bonchev–Trinajstić information content (AvgIpc) is 3.31. The maximum Gasteiger partial charge on any atom is 0.326 e. The minimum Gasteiger partial charge on any atom is -0.480 e. The summed E-state index contributed by atoms with van der Waals surface area (Å²) >= 11 is 11.6. The van der Waals surface area contributed by atoms with Gasteiger partial charge >= 0.3 is 5.97 Å². The molecule has 6 nitrogen and oxygen atoms in total. The largest absolute Gasteiger partial charge is 0.480 e. The fourth-order valence-electron chi connectivity index (χ4n) is 2.05. The van der Waals surface area contributed by atoms with E-state index in [9.17, 15) is 14.4 Å². The number of benzene rings is 1. The Morgan fingerprint density at radius 3 is 2.48 bits per heavy atom. The number of carboxylic acid groups (broad SMARTS) is 1. The molecule has 0 aromatic heterocycles. The molecule has 0 heterocycles. The van der Waals surface area contributed by atoms with Gasteiger partial charge in [-0.1, -0.05) is 36.0 Å². The van der Waals surface area contributed by atoms with E-state index in [1.165, 1.54) is 18.2 Å². The topological polar surface area (TPSA) is 95.5 Å². The normalized spacial score (nSPS) is 14.9. The molecule has 1 aliphatic rings. The van der Waals surface area contributed by atoms with E-state index in [0.29, 0.717) is 17.4 Å². The molecule has 3 N–H and O–H groups in total. The van der Waals surface area contributed by atoms with E-state index in [4.69, 9.17) is 28.3 Å². The number of halogens is 2. The third-order valence-electron chi connectivity index (χ3n) is 3.49. The lowest BCUT2D eigenvalue weighted by atomic mass is 10.1. The Morgan fingerprint density at radius 1 is 1.22 bits per heavy atom. The second kappa shape index (κ2) is 7.66. The molecule has 2 rings (SSSR count). The molecule has 0 bridgehead atoms. The number of rotatable bonds is 7. The summed E-state index contributed by atoms with van der Waals surface area (Å²) in [6.07, 6.45) is 2.41. The van der Waals surface area contributed by atoms with E-state index in [1.54, 1.807) is 0 Å². The third-order valence-corrected chi connectivity index (χ3v) is 4.23. The predicted molar refractivity (Wildman–Crippen MR) is 85.7 cm³/mol. The maximum atomic E-state index is 11.9. The van der Waals surface area contributed by atoms with Crippen molar-refractivity contribution in [3.63, 3.8) is 0 Å². The highest BCUT2D eigenvalue weighted by Crippen LogP contribution is 2.33. The number of amides is 2. The molecule has 1 aromatic carbocycles. The van der Waals surface area contributed by atoms with Crippen LogP contribution in [0.25, 0.3) is 0 Å². The fraction of sp³-hybridized carbons (Fsp3) is 0.400. The first-order valence-corrected chi connectivity index (χ1v) is 7.88. The van der Waals surface area contributed by atoms with Gasteiger partial charge in [0.1, 0.15) is 6.04 Å². The van der Waals surface area contributed by atoms with E-state index in [1.807, 2.05) is 0 Å². The number of hydrogen-bond donors (Lipinski definition) is 3. The highest BCUT2D eigenvalue weighted by molar-refractivity contribution is 6.42. The molecule has 1 atom stereocenters. The summed E-state index contributed by atoms with van der Waals surface area (Å²) in [7, 11) is 0. The Hall–Kier alpha value is -1.79. The standard InChI is InChI=1S/C15H16Cl2N2O4/c16-10-4-3-9(6-11(10)17)14(21)18-7-13(20)19-12(15(22)23)5-8-1-2-8/h3-4,6,8,12H,1-2,5,7H2,(H,18,21)(H,19,20)(H,22,23). The smallest absolute Gasteiger partial charge is 0.326 e. The summed E-state index contributed by atoms with van der Waals surface area (Å²) in [6.45, 7) is -0.312. The molecule has 2 amide bonds. The lowest BCUT2D eigenvalue weighted by Gasteiger charge is -2.14. The Bertz CT molecular complexity index is 632. The minimum absolute atomic E-state index is 0.235. The van der Waals surface area contributed by atoms with Gasteiger partial charge in [-0.15, -0.1) is 0 Å². The minimum atomic E-state index is -1.07. The lowest BCUT2D eigenvalue weighted by Crippen LogP contribution is -2.45. The zero-order valence-electron chi connectivity index (χ0n) is 12.1. The monoisotopic (exact) mass is 358 g/mol. The summed E-state index contributed by atoms with van der Waals surface area (Å²) < 4.78 is 0. The molecule has 0 radical (unpaired) electrons. The van der Waals surface area contributed by atoms with Gasteiger partial charge in [-0.05, 0) is 30.5 Å². The molecule has 1 aromatic rings. The molecule has 1 aliphatic carbocycles. The highest BCUT2D eigenvalue weighted by atomic mass is 35.5. The van der Waals surface area contributed by atoms with Crippen molar-refractivity contribution < 1.29 is 19.5 Å². The van der Waals surface area contributed by atoms with Crippen LogP contribution in [0, 0.1) is 5.92 Å². The fourth-order valence-corrected chi connectivity index (χ4v) is 2.35. The molecule has 1 fully saturated rings. The van der Waals surface area contributed by atoms with Gasteiger partial charge in [0.2, 0.25) is 5.91 Å². The van der Waals surface area contributed by atoms with Crippen molar-refractivity contribution in [3.8, 4) is 0 Å². The van der Waals surface area contributed by atoms with Crippen LogP contribution in [0.5, 0.6) is 0 Å². The van der Waals surface area contributed by atoms with Crippen molar-refractivity contribution >= 4 is 41.0 Å². The third kappa shape index (κ3) is 5.41. The van der Waals surface area contributed by atoms with Crippen LogP contribution >= 0.6 is 23.2 Å². The van der Waals surface area contributed by atoms with Crippen LogP contribution in [0.15, 0.2) is 18.2 Å². The van der Waals surface area contributed by atoms with Crippen LogP contribution in [0.3, 0.4) is 0 Å². The Balaban J connectivity index is 1.83. The van der Waals surface area contributed by atoms with Gasteiger partial charge in [-0.3, -0.25) is 9.59 Å². The van der Waals surface area contributed by atoms with Gasteiger partial charge in [0.25, 0.3) is 5.91 Å². The first-order valence-electron chi connectivity index (χ1n) is 7.12. The number of carbonyl (C=O) groups excluding carboxylic acids is 2. The highest BCUT2D eigenvalue weighted by Gasteiger charge is 2.30. The molecule has 23 heavy (non-hydrogen) atoms. The first-order chi connectivity index (χ1) is 10.9. The second-order valence-corrected chi connectivity index (χ2v) is 6.26. The summed E-state index contributed by atoms with van der Waals surface area (Å²) in [5.41, 5.74) is 0.264. The SMILES string of the molecule is O=C(CNC(=O)c1ccc(Cl)c(Cl)c1)NC(CC1CC1)C(=O)O. The summed E-state index contributed by atoms with van der Waals surface area (Å²) in [5, 5.41) is 14.5. The molecule has 124 valence electrons. The van der Waals surface area contributed by atoms with Crippen LogP contribution in [0.4, 0.5) is 0 Å². The van der Waals surface area contributed by atoms with Crippen LogP contribution in [-0.4, -0.2) is 35.5 Å². The van der Waals surface area contributed by atoms with Gasteiger partial charge in [0.15, 0.2) is 0 Å². The summed E-state index contributed by atoms with van der Waals surface area (Å²) in [4.78, 5) is 34.8. The zero-order valence-corrected chi connectivity index (χ0v) is 13.7. The molecular formula is C15H16Cl2N2O4. The van der Waals surface area contributed by atoms with Crippen LogP contribution < -0.4 is 10.6 Å². The van der Waals surface area contributed by atoms with E-state index in [-0.39, 0.29) is 17.1 Å². The molecule has 8 heteroatoms. The number of carboxylic acids is 1. The molecule has 1 saturated carbocycles. The second-order valence-electron chi connectivity index (χ2n) is 5.45. The van der Waals surface area contributed by atoms with Crippen molar-refractivity contribution in [2.75, 3.05) is 6.54 Å². The van der Waals surface area contributed by atoms with Gasteiger partial charge < -0.3 is 15.7 Å². The summed E-state index contributed by atoms with van der Waals surface area (Å²) in [5.74, 6) is -1.75. The predicted octanol–water partition coefficient (Wildman–Crippen LogP) is 2.09. The molecule has 0 saturated heterocycles. The van der Waals surface area contributed by atoms with Crippen LogP contribution in [-0.2, 0) is 9.59 Å². The van der Waals surface area contributed by atoms with Crippen molar-refractivity contribution in [1.82, 2.24) is 10.6 Å². The van der Waals surface area contributed by atoms with Gasteiger partial charge in [-0.25, -0.2) is 4.79 Å². The van der Waals surface area contributed by atoms with Gasteiger partial charge in [0, 0.05) is 5.56 Å². The van der Waals surface area contributed by atoms with Crippen molar-refractivity contribution in [3.05, 3.63) is 33.8 Å². The Morgan fingerprint density at radius 2 is 1.91 bits per heavy atom. The van der Waals surface area contributed by atoms with Gasteiger partial charge in [-0.2, -0.15) is 0 Å². The van der Waals surface area contributed by atoms with E-state index in [2.05, 4.69) is 10.6 Å². The Kier molecular flexibility index (Phi) is 5.85. The zero-order chi connectivity index (χ0) is 17.0. The quantitative estimate of drug-likeness (QED) is 0.695. The van der Waals surface area contributed by atoms with Crippen LogP contribution in [0.2, 0.25) is 10.0 Å². The van der Waals surface area contributed by atoms with Crippen molar-refractivity contribution in [1.29, 1.82) is 0 Å². The van der Waals surface area contributed by atoms with Gasteiger partial charge in [0.05, 0.1) is 16.6 Å². The van der Waals surface area contributed by atoms with E-state index in [0.717, 1.165) is 12.8 Å². The number of aliphatic carboxylic acids is 1. The van der Waals surface area contributed by atoms with Crippen LogP contribution in [0.1, 0.15) is 29.6 Å². The summed E-state index contributed by atoms with van der Waals surface area (Å²) in [6, 6.07) is 3.44. The molecule has 0 spiro atoms. The average molecular weight is 359 g/mol. The van der Waals surface area contributed by atoms with Crippen molar-refractivity contribution in [2.45, 2.75) is 25.3 Å². The Labute approximate surface area is 143 Å². The number of nitrogens with one attached hydrogen (secondary N) is 2. The molecule has 1 unspecified atom stereocenters. The number of hydrogen-bond acceptors (Lipinski definition) is 3. The first kappa shape index (κ1) is 17.6. The maximum absolute atomic E-state index is 11.9. The number of carbonyl (C=O) groups is 3. The lowest BCUT2D eigenvalue weighted by molar-refractivity contribution is -0.142. The molecule has 0 aliphatic heterocycles. The van der Waals surface area contributed by atoms with E-state index < -0.39 is 23.8 Å². The molecular weight excluding hydrogens is 343 g/mol. The van der Waals surface area contributed by atoms with E-state index >= 15 is 0 Å². The van der Waals surface area contributed by atoms with Crippen molar-refractivity contribution in [2.24, 2.45) is 5.92 Å².